The molecule has 0 amide bonds. The number of pyridine rings is 1. The van der Waals surface area contributed by atoms with E-state index in [2.05, 4.69) is 29.8 Å². The van der Waals surface area contributed by atoms with Crippen LogP contribution in [0.25, 0.3) is 0 Å². The van der Waals surface area contributed by atoms with Gasteiger partial charge in [-0.25, -0.2) is 0 Å². The quantitative estimate of drug-likeness (QED) is 0.849. The number of hydrogen-bond acceptors (Lipinski definition) is 4. The summed E-state index contributed by atoms with van der Waals surface area (Å²) in [5, 5.41) is 9.17. The van der Waals surface area contributed by atoms with Gasteiger partial charge in [0.1, 0.15) is 5.75 Å². The predicted molar refractivity (Wildman–Crippen MR) is 78.5 cm³/mol. The van der Waals surface area contributed by atoms with Crippen molar-refractivity contribution in [2.24, 2.45) is 5.41 Å². The third kappa shape index (κ3) is 2.94. The van der Waals surface area contributed by atoms with Crippen LogP contribution in [0.3, 0.4) is 0 Å². The van der Waals surface area contributed by atoms with Crippen LogP contribution >= 0.6 is 0 Å². The van der Waals surface area contributed by atoms with E-state index in [0.29, 0.717) is 0 Å². The third-order valence-electron chi connectivity index (χ3n) is 4.35. The number of aryl methyl sites for hydroxylation is 1. The minimum atomic E-state index is -0.149. The van der Waals surface area contributed by atoms with Gasteiger partial charge in [-0.2, -0.15) is 5.26 Å². The molecule has 0 unspecified atom stereocenters. The lowest BCUT2D eigenvalue weighted by molar-refractivity contribution is 0.148. The van der Waals surface area contributed by atoms with Crippen LogP contribution in [0.4, 0.5) is 0 Å². The van der Waals surface area contributed by atoms with Gasteiger partial charge in [0, 0.05) is 37.0 Å². The summed E-state index contributed by atoms with van der Waals surface area (Å²) in [6, 6.07) is 2.44. The minimum absolute atomic E-state index is 0.149. The van der Waals surface area contributed by atoms with Crippen LogP contribution < -0.4 is 4.74 Å². The molecule has 4 heteroatoms. The molecule has 1 aromatic rings. The van der Waals surface area contributed by atoms with Crippen molar-refractivity contribution in [3.05, 3.63) is 23.0 Å². The highest BCUT2D eigenvalue weighted by atomic mass is 16.5. The normalized spacial score (nSPS) is 18.6. The first-order valence-corrected chi connectivity index (χ1v) is 7.12. The molecule has 1 fully saturated rings. The number of hydrogen-bond donors (Lipinski definition) is 0. The molecule has 1 saturated heterocycles. The van der Waals surface area contributed by atoms with Gasteiger partial charge in [0.15, 0.2) is 0 Å². The molecule has 2 heterocycles. The molecule has 4 nitrogen and oxygen atoms in total. The summed E-state index contributed by atoms with van der Waals surface area (Å²) in [6.07, 6.45) is 3.75. The molecular weight excluding hydrogens is 250 g/mol. The number of nitrogens with zero attached hydrogens (tertiary/aromatic N) is 3. The third-order valence-corrected chi connectivity index (χ3v) is 4.35. The van der Waals surface area contributed by atoms with Gasteiger partial charge in [0.25, 0.3) is 0 Å². The number of aromatic nitrogens is 1. The van der Waals surface area contributed by atoms with Gasteiger partial charge in [0.2, 0.25) is 0 Å². The molecular formula is C16H23N3O. The van der Waals surface area contributed by atoms with Crippen molar-refractivity contribution in [1.29, 1.82) is 5.26 Å². The van der Waals surface area contributed by atoms with Gasteiger partial charge in [-0.3, -0.25) is 9.88 Å². The number of nitriles is 1. The van der Waals surface area contributed by atoms with Crippen molar-refractivity contribution in [1.82, 2.24) is 9.88 Å². The van der Waals surface area contributed by atoms with Crippen LogP contribution in [0.15, 0.2) is 6.20 Å². The van der Waals surface area contributed by atoms with E-state index in [-0.39, 0.29) is 5.41 Å². The lowest BCUT2D eigenvalue weighted by atomic mass is 9.82. The molecule has 1 aromatic heterocycles. The molecule has 2 rings (SSSR count). The summed E-state index contributed by atoms with van der Waals surface area (Å²) in [4.78, 5) is 6.93. The van der Waals surface area contributed by atoms with Crippen LogP contribution in [-0.4, -0.2) is 30.1 Å². The van der Waals surface area contributed by atoms with Crippen molar-refractivity contribution in [2.45, 2.75) is 40.2 Å². The Labute approximate surface area is 121 Å². The average molecular weight is 273 g/mol. The van der Waals surface area contributed by atoms with Crippen LogP contribution in [0.2, 0.25) is 0 Å². The van der Waals surface area contributed by atoms with Gasteiger partial charge in [-0.15, -0.1) is 0 Å². The molecule has 0 aliphatic carbocycles. The molecule has 108 valence electrons. The molecule has 1 aliphatic heterocycles. The summed E-state index contributed by atoms with van der Waals surface area (Å²) in [7, 11) is 1.71. The smallest absolute Gasteiger partial charge is 0.128 e. The standard InChI is InChI=1S/C16H23N3O/c1-12-9-18-14(13(2)15(12)20-4)10-19-7-5-16(3,11-17)6-8-19/h9H,5-8,10H2,1-4H3. The van der Waals surface area contributed by atoms with Crippen molar-refractivity contribution >= 4 is 0 Å². The highest BCUT2D eigenvalue weighted by Gasteiger charge is 2.30. The maximum atomic E-state index is 9.17. The van der Waals surface area contributed by atoms with Crippen molar-refractivity contribution in [3.8, 4) is 11.8 Å². The summed E-state index contributed by atoms with van der Waals surface area (Å²) < 4.78 is 5.45. The van der Waals surface area contributed by atoms with Gasteiger partial charge in [-0.1, -0.05) is 0 Å². The van der Waals surface area contributed by atoms with Crippen molar-refractivity contribution < 1.29 is 4.74 Å². The Morgan fingerprint density at radius 1 is 1.40 bits per heavy atom. The fraction of sp³-hybridized carbons (Fsp3) is 0.625. The zero-order valence-electron chi connectivity index (χ0n) is 12.9. The van der Waals surface area contributed by atoms with E-state index in [1.54, 1.807) is 7.11 Å². The molecule has 1 aliphatic rings. The van der Waals surface area contributed by atoms with E-state index in [1.807, 2.05) is 13.1 Å². The van der Waals surface area contributed by atoms with Crippen LogP contribution in [-0.2, 0) is 6.54 Å². The predicted octanol–water partition coefficient (Wildman–Crippen LogP) is 2.83. The Morgan fingerprint density at radius 3 is 2.60 bits per heavy atom. The molecule has 0 atom stereocenters. The van der Waals surface area contributed by atoms with E-state index in [4.69, 9.17) is 4.74 Å². The van der Waals surface area contributed by atoms with Gasteiger partial charge in [-0.05, 0) is 33.6 Å². The number of likely N-dealkylation sites (tertiary alicyclic amines) is 1. The van der Waals surface area contributed by atoms with Crippen LogP contribution in [0.1, 0.15) is 36.6 Å². The topological polar surface area (TPSA) is 49.1 Å². The van der Waals surface area contributed by atoms with Gasteiger partial charge < -0.3 is 4.74 Å². The van der Waals surface area contributed by atoms with E-state index in [1.165, 1.54) is 0 Å². The Kier molecular flexibility index (Phi) is 4.29. The van der Waals surface area contributed by atoms with Crippen molar-refractivity contribution in [2.75, 3.05) is 20.2 Å². The number of rotatable bonds is 3. The number of methoxy groups -OCH3 is 1. The zero-order chi connectivity index (χ0) is 14.8. The summed E-state index contributed by atoms with van der Waals surface area (Å²) >= 11 is 0. The summed E-state index contributed by atoms with van der Waals surface area (Å²) in [5.41, 5.74) is 3.13. The SMILES string of the molecule is COc1c(C)cnc(CN2CCC(C)(C#N)CC2)c1C. The largest absolute Gasteiger partial charge is 0.496 e. The average Bonchev–Trinajstić information content (AvgIpc) is 2.45. The first-order chi connectivity index (χ1) is 9.49. The molecule has 0 bridgehead atoms. The van der Waals surface area contributed by atoms with Crippen molar-refractivity contribution in [3.63, 3.8) is 0 Å². The maximum Gasteiger partial charge on any atom is 0.128 e. The number of piperidine rings is 1. The maximum absolute atomic E-state index is 9.17. The summed E-state index contributed by atoms with van der Waals surface area (Å²) in [5.74, 6) is 0.939. The monoisotopic (exact) mass is 273 g/mol. The van der Waals surface area contributed by atoms with Gasteiger partial charge >= 0.3 is 0 Å². The van der Waals surface area contributed by atoms with Crippen LogP contribution in [0, 0.1) is 30.6 Å². The molecule has 0 spiro atoms. The van der Waals surface area contributed by atoms with E-state index in [0.717, 1.165) is 55.0 Å². The minimum Gasteiger partial charge on any atom is -0.496 e. The fourth-order valence-corrected chi connectivity index (χ4v) is 2.76. The number of ether oxygens (including phenoxy) is 1. The van der Waals surface area contributed by atoms with E-state index < -0.39 is 0 Å². The Morgan fingerprint density at radius 2 is 2.05 bits per heavy atom. The zero-order valence-corrected chi connectivity index (χ0v) is 12.9. The Balaban J connectivity index is 2.07. The highest BCUT2D eigenvalue weighted by molar-refractivity contribution is 5.41. The van der Waals surface area contributed by atoms with E-state index in [9.17, 15) is 5.26 Å². The lowest BCUT2D eigenvalue weighted by Gasteiger charge is -2.35. The molecule has 0 radical (unpaired) electrons. The summed E-state index contributed by atoms with van der Waals surface area (Å²) in [6.45, 7) is 8.90. The first kappa shape index (κ1) is 14.8. The fourth-order valence-electron chi connectivity index (χ4n) is 2.76. The Bertz CT molecular complexity index is 525. The lowest BCUT2D eigenvalue weighted by Crippen LogP contribution is -2.37. The molecule has 20 heavy (non-hydrogen) atoms. The second-order valence-electron chi connectivity index (χ2n) is 5.99. The first-order valence-electron chi connectivity index (χ1n) is 7.12. The van der Waals surface area contributed by atoms with Crippen LogP contribution in [0.5, 0.6) is 5.75 Å². The molecule has 0 aromatic carbocycles. The second-order valence-corrected chi connectivity index (χ2v) is 5.99. The highest BCUT2D eigenvalue weighted by Crippen LogP contribution is 2.31. The van der Waals surface area contributed by atoms with E-state index >= 15 is 0 Å². The molecule has 0 N–H and O–H groups in total. The second kappa shape index (κ2) is 5.80. The molecule has 0 saturated carbocycles. The van der Waals surface area contributed by atoms with Gasteiger partial charge in [0.05, 0.1) is 24.3 Å². The Hall–Kier alpha value is -1.60.